The third-order valence-corrected chi connectivity index (χ3v) is 4.40. The number of nitrogens with zero attached hydrogens (tertiary/aromatic N) is 2. The van der Waals surface area contributed by atoms with Crippen molar-refractivity contribution in [1.29, 1.82) is 0 Å². The molecule has 3 rings (SSSR count). The molecule has 1 aliphatic carbocycles. The number of aliphatic hydroxyl groups excluding tert-OH is 1. The average molecular weight is 266 g/mol. The minimum absolute atomic E-state index is 0.156. The highest BCUT2D eigenvalue weighted by Crippen LogP contribution is 2.35. The number of aliphatic hydroxyl groups is 1. The van der Waals surface area contributed by atoms with E-state index in [9.17, 15) is 5.11 Å². The fourth-order valence-electron chi connectivity index (χ4n) is 3.19. The second-order valence-electron chi connectivity index (χ2n) is 6.00. The van der Waals surface area contributed by atoms with Gasteiger partial charge in [0, 0.05) is 12.5 Å². The van der Waals surface area contributed by atoms with Gasteiger partial charge in [-0.05, 0) is 25.2 Å². The van der Waals surface area contributed by atoms with E-state index in [0.29, 0.717) is 31.4 Å². The number of ether oxygens (including phenoxy) is 1. The van der Waals surface area contributed by atoms with E-state index in [1.54, 1.807) is 0 Å². The molecule has 2 aliphatic rings. The first-order valence-electron chi connectivity index (χ1n) is 7.33. The van der Waals surface area contributed by atoms with Crippen molar-refractivity contribution in [3.8, 4) is 0 Å². The Morgan fingerprint density at radius 1 is 1.26 bits per heavy atom. The molecular formula is C14H22N2O3. The predicted molar refractivity (Wildman–Crippen MR) is 68.9 cm³/mol. The lowest BCUT2D eigenvalue weighted by atomic mass is 9.82. The molecule has 1 aromatic heterocycles. The normalized spacial score (nSPS) is 36.3. The molecule has 5 heteroatoms. The van der Waals surface area contributed by atoms with Crippen LogP contribution in [0.5, 0.6) is 0 Å². The van der Waals surface area contributed by atoms with Crippen LogP contribution in [0.2, 0.25) is 0 Å². The zero-order chi connectivity index (χ0) is 13.2. The van der Waals surface area contributed by atoms with Gasteiger partial charge in [-0.1, -0.05) is 24.9 Å². The van der Waals surface area contributed by atoms with Crippen LogP contribution in [0.1, 0.15) is 62.6 Å². The second kappa shape index (κ2) is 5.59. The molecule has 5 nitrogen and oxygen atoms in total. The van der Waals surface area contributed by atoms with E-state index >= 15 is 0 Å². The Labute approximate surface area is 113 Å². The van der Waals surface area contributed by atoms with Crippen molar-refractivity contribution in [2.24, 2.45) is 5.92 Å². The minimum Gasteiger partial charge on any atom is -0.392 e. The smallest absolute Gasteiger partial charge is 0.234 e. The van der Waals surface area contributed by atoms with Crippen molar-refractivity contribution < 1.29 is 14.4 Å². The van der Waals surface area contributed by atoms with E-state index in [0.717, 1.165) is 24.6 Å². The van der Waals surface area contributed by atoms with Crippen molar-refractivity contribution in [3.63, 3.8) is 0 Å². The summed E-state index contributed by atoms with van der Waals surface area (Å²) in [5, 5.41) is 14.1. The Hall–Kier alpha value is -0.940. The maximum absolute atomic E-state index is 9.98. The summed E-state index contributed by atoms with van der Waals surface area (Å²) in [5.74, 6) is 2.36. The van der Waals surface area contributed by atoms with Crippen LogP contribution in [-0.4, -0.2) is 34.6 Å². The minimum atomic E-state index is -0.424. The Bertz CT molecular complexity index is 421. The average Bonchev–Trinajstić information content (AvgIpc) is 2.89. The molecule has 2 heterocycles. The Morgan fingerprint density at radius 3 is 2.95 bits per heavy atom. The summed E-state index contributed by atoms with van der Waals surface area (Å²) < 4.78 is 10.8. The zero-order valence-electron chi connectivity index (χ0n) is 11.4. The predicted octanol–water partition coefficient (Wildman–Crippen LogP) is 2.23. The molecule has 4 unspecified atom stereocenters. The summed E-state index contributed by atoms with van der Waals surface area (Å²) in [6, 6.07) is 0. The van der Waals surface area contributed by atoms with E-state index in [1.807, 2.05) is 0 Å². The SMILES string of the molecule is CC1CCCC(c2noc(C3COCCC3O)n2)C1. The Balaban J connectivity index is 1.71. The summed E-state index contributed by atoms with van der Waals surface area (Å²) in [5.41, 5.74) is 0. The topological polar surface area (TPSA) is 68.4 Å². The van der Waals surface area contributed by atoms with Crippen molar-refractivity contribution in [3.05, 3.63) is 11.7 Å². The van der Waals surface area contributed by atoms with Gasteiger partial charge in [-0.15, -0.1) is 0 Å². The standard InChI is InChI=1S/C14H22N2O3/c1-9-3-2-4-10(7-9)13-15-14(19-16-13)11-8-18-6-5-12(11)17/h9-12,17H,2-8H2,1H3. The first kappa shape index (κ1) is 13.1. The van der Waals surface area contributed by atoms with Gasteiger partial charge in [-0.3, -0.25) is 0 Å². The molecule has 0 radical (unpaired) electrons. The third-order valence-electron chi connectivity index (χ3n) is 4.40. The fourth-order valence-corrected chi connectivity index (χ4v) is 3.19. The van der Waals surface area contributed by atoms with Crippen LogP contribution in [0.15, 0.2) is 4.52 Å². The van der Waals surface area contributed by atoms with E-state index in [4.69, 9.17) is 9.26 Å². The summed E-state index contributed by atoms with van der Waals surface area (Å²) in [4.78, 5) is 4.52. The molecule has 1 aromatic rings. The Kier molecular flexibility index (Phi) is 3.84. The molecule has 19 heavy (non-hydrogen) atoms. The van der Waals surface area contributed by atoms with Crippen LogP contribution in [0.25, 0.3) is 0 Å². The van der Waals surface area contributed by atoms with Gasteiger partial charge in [0.1, 0.15) is 0 Å². The first-order chi connectivity index (χ1) is 9.24. The van der Waals surface area contributed by atoms with Gasteiger partial charge >= 0.3 is 0 Å². The molecule has 0 spiro atoms. The maximum atomic E-state index is 9.98. The van der Waals surface area contributed by atoms with Crippen molar-refractivity contribution in [1.82, 2.24) is 10.1 Å². The third kappa shape index (κ3) is 2.82. The first-order valence-corrected chi connectivity index (χ1v) is 7.33. The van der Waals surface area contributed by atoms with Crippen molar-refractivity contribution >= 4 is 0 Å². The van der Waals surface area contributed by atoms with Crippen LogP contribution < -0.4 is 0 Å². The lowest BCUT2D eigenvalue weighted by Crippen LogP contribution is -2.30. The van der Waals surface area contributed by atoms with Gasteiger partial charge in [0.2, 0.25) is 5.89 Å². The van der Waals surface area contributed by atoms with Gasteiger partial charge in [0.15, 0.2) is 5.82 Å². The Morgan fingerprint density at radius 2 is 2.16 bits per heavy atom. The molecule has 1 aliphatic heterocycles. The summed E-state index contributed by atoms with van der Waals surface area (Å²) in [7, 11) is 0. The summed E-state index contributed by atoms with van der Waals surface area (Å²) >= 11 is 0. The molecule has 2 fully saturated rings. The number of aromatic nitrogens is 2. The number of hydrogen-bond acceptors (Lipinski definition) is 5. The molecular weight excluding hydrogens is 244 g/mol. The van der Waals surface area contributed by atoms with E-state index < -0.39 is 6.10 Å². The highest BCUT2D eigenvalue weighted by Gasteiger charge is 2.32. The van der Waals surface area contributed by atoms with Crippen molar-refractivity contribution in [2.45, 2.75) is 57.0 Å². The molecule has 106 valence electrons. The van der Waals surface area contributed by atoms with Crippen LogP contribution in [0.4, 0.5) is 0 Å². The molecule has 0 amide bonds. The lowest BCUT2D eigenvalue weighted by molar-refractivity contribution is -0.0149. The largest absolute Gasteiger partial charge is 0.392 e. The van der Waals surface area contributed by atoms with Crippen LogP contribution in [-0.2, 0) is 4.74 Å². The van der Waals surface area contributed by atoms with Crippen LogP contribution in [0, 0.1) is 5.92 Å². The maximum Gasteiger partial charge on any atom is 0.234 e. The monoisotopic (exact) mass is 266 g/mol. The van der Waals surface area contributed by atoms with Crippen LogP contribution in [0.3, 0.4) is 0 Å². The van der Waals surface area contributed by atoms with E-state index in [1.165, 1.54) is 12.8 Å². The number of rotatable bonds is 2. The van der Waals surface area contributed by atoms with Gasteiger partial charge in [-0.25, -0.2) is 0 Å². The summed E-state index contributed by atoms with van der Waals surface area (Å²) in [6.45, 7) is 3.37. The second-order valence-corrected chi connectivity index (χ2v) is 6.00. The summed E-state index contributed by atoms with van der Waals surface area (Å²) in [6.07, 6.45) is 5.05. The molecule has 0 aromatic carbocycles. The molecule has 4 atom stereocenters. The van der Waals surface area contributed by atoms with E-state index in [2.05, 4.69) is 17.1 Å². The lowest BCUT2D eigenvalue weighted by Gasteiger charge is -2.25. The van der Waals surface area contributed by atoms with E-state index in [-0.39, 0.29) is 5.92 Å². The number of hydrogen-bond donors (Lipinski definition) is 1. The van der Waals surface area contributed by atoms with Gasteiger partial charge in [0.25, 0.3) is 0 Å². The fraction of sp³-hybridized carbons (Fsp3) is 0.857. The molecule has 1 saturated heterocycles. The zero-order valence-corrected chi connectivity index (χ0v) is 11.4. The van der Waals surface area contributed by atoms with Gasteiger partial charge in [0.05, 0.1) is 18.6 Å². The van der Waals surface area contributed by atoms with Crippen LogP contribution >= 0.6 is 0 Å². The van der Waals surface area contributed by atoms with Gasteiger partial charge in [-0.2, -0.15) is 4.98 Å². The molecule has 1 N–H and O–H groups in total. The van der Waals surface area contributed by atoms with Crippen molar-refractivity contribution in [2.75, 3.05) is 13.2 Å². The molecule has 1 saturated carbocycles. The highest BCUT2D eigenvalue weighted by atomic mass is 16.5. The van der Waals surface area contributed by atoms with Gasteiger partial charge < -0.3 is 14.4 Å². The highest BCUT2D eigenvalue weighted by molar-refractivity contribution is 5.03. The molecule has 0 bridgehead atoms. The quantitative estimate of drug-likeness (QED) is 0.889.